The largest absolute Gasteiger partial charge is 0.0788 e. The second-order valence-corrected chi connectivity index (χ2v) is 2.34. The molecule has 0 saturated heterocycles. The minimum atomic E-state index is 1.30. The first kappa shape index (κ1) is 4.89. The molecule has 39 valence electrons. The van der Waals surface area contributed by atoms with Gasteiger partial charge in [-0.05, 0) is 25.7 Å². The van der Waals surface area contributed by atoms with Crippen LogP contribution >= 0.6 is 0 Å². The van der Waals surface area contributed by atoms with Crippen molar-refractivity contribution < 1.29 is 0 Å². The summed E-state index contributed by atoms with van der Waals surface area (Å²) >= 11 is 0. The van der Waals surface area contributed by atoms with E-state index in [1.54, 1.807) is 0 Å². The summed E-state index contributed by atoms with van der Waals surface area (Å²) in [4.78, 5) is 0. The van der Waals surface area contributed by atoms with E-state index in [-0.39, 0.29) is 0 Å². The fraction of sp³-hybridized carbons (Fsp3) is 0.571. The highest BCUT2D eigenvalue weighted by Gasteiger charge is 2.06. The Morgan fingerprint density at radius 1 is 1.29 bits per heavy atom. The predicted molar refractivity (Wildman–Crippen MR) is 31.9 cm³/mol. The fourth-order valence-electron chi connectivity index (χ4n) is 0.959. The molecule has 1 radical (unpaired) electrons. The molecule has 0 aromatic carbocycles. The summed E-state index contributed by atoms with van der Waals surface area (Å²) in [5.41, 5.74) is 1.54. The van der Waals surface area contributed by atoms with Gasteiger partial charge in [-0.3, -0.25) is 0 Å². The summed E-state index contributed by atoms with van der Waals surface area (Å²) < 4.78 is 0. The molecule has 0 bridgehead atoms. The summed E-state index contributed by atoms with van der Waals surface area (Å²) in [6.45, 7) is 4.38. The van der Waals surface area contributed by atoms with E-state index in [9.17, 15) is 0 Å². The Hall–Kier alpha value is -0.260. The van der Waals surface area contributed by atoms with Gasteiger partial charge in [-0.2, -0.15) is 0 Å². The third-order valence-electron chi connectivity index (χ3n) is 1.41. The molecule has 0 nitrogen and oxygen atoms in total. The molecule has 7 heavy (non-hydrogen) atoms. The Morgan fingerprint density at radius 2 is 2.00 bits per heavy atom. The van der Waals surface area contributed by atoms with Gasteiger partial charge >= 0.3 is 0 Å². The number of rotatable bonds is 0. The lowest BCUT2D eigenvalue weighted by atomic mass is 10.2. The Bertz CT molecular complexity index is 90.2. The Morgan fingerprint density at radius 3 is 2.14 bits per heavy atom. The molecule has 0 saturated carbocycles. The van der Waals surface area contributed by atoms with Crippen LogP contribution in [0.2, 0.25) is 0 Å². The van der Waals surface area contributed by atoms with Crippen LogP contribution in [0.4, 0.5) is 0 Å². The van der Waals surface area contributed by atoms with Gasteiger partial charge in [0.15, 0.2) is 0 Å². The molecule has 0 atom stereocenters. The van der Waals surface area contributed by atoms with Crippen LogP contribution in [0.3, 0.4) is 0 Å². The average Bonchev–Trinajstić information content (AvgIpc) is 1.87. The lowest BCUT2D eigenvalue weighted by Gasteiger charge is -1.88. The fourth-order valence-corrected chi connectivity index (χ4v) is 0.959. The van der Waals surface area contributed by atoms with Crippen LogP contribution in [0.25, 0.3) is 0 Å². The monoisotopic (exact) mass is 95.1 g/mol. The van der Waals surface area contributed by atoms with Gasteiger partial charge in [0.1, 0.15) is 0 Å². The Labute approximate surface area is 45.2 Å². The zero-order chi connectivity index (χ0) is 5.28. The van der Waals surface area contributed by atoms with E-state index in [0.29, 0.717) is 0 Å². The molecule has 1 aliphatic carbocycles. The highest BCUT2D eigenvalue weighted by atomic mass is 14.1. The van der Waals surface area contributed by atoms with Crippen LogP contribution < -0.4 is 0 Å². The van der Waals surface area contributed by atoms with Crippen molar-refractivity contribution in [2.24, 2.45) is 0 Å². The molecule has 0 amide bonds. The maximum absolute atomic E-state index is 2.28. The van der Waals surface area contributed by atoms with Gasteiger partial charge in [-0.1, -0.05) is 18.6 Å². The Balaban J connectivity index is 2.50. The molecular weight excluding hydrogens is 84.1 g/mol. The van der Waals surface area contributed by atoms with Crippen molar-refractivity contribution in [2.75, 3.05) is 0 Å². The highest BCUT2D eigenvalue weighted by Crippen LogP contribution is 2.23. The van der Waals surface area contributed by atoms with Gasteiger partial charge in [0, 0.05) is 0 Å². The van der Waals surface area contributed by atoms with Crippen LogP contribution in [0.1, 0.15) is 26.7 Å². The molecule has 0 aliphatic heterocycles. The van der Waals surface area contributed by atoms with Crippen molar-refractivity contribution in [1.82, 2.24) is 0 Å². The van der Waals surface area contributed by atoms with Gasteiger partial charge in [-0.25, -0.2) is 0 Å². The molecule has 0 heterocycles. The SMILES string of the molecule is C[C]1C=C(C)CC1. The molecular formula is C7H11. The molecule has 0 unspecified atom stereocenters. The summed E-state index contributed by atoms with van der Waals surface area (Å²) in [6.07, 6.45) is 4.87. The number of hydrogen-bond donors (Lipinski definition) is 0. The topological polar surface area (TPSA) is 0 Å². The molecule has 1 rings (SSSR count). The third kappa shape index (κ3) is 1.05. The van der Waals surface area contributed by atoms with E-state index in [1.807, 2.05) is 0 Å². The van der Waals surface area contributed by atoms with Crippen LogP contribution in [0.15, 0.2) is 11.6 Å². The molecule has 0 aromatic rings. The van der Waals surface area contributed by atoms with Gasteiger partial charge in [0.25, 0.3) is 0 Å². The van der Waals surface area contributed by atoms with Crippen molar-refractivity contribution in [3.05, 3.63) is 17.6 Å². The maximum Gasteiger partial charge on any atom is -0.00524 e. The van der Waals surface area contributed by atoms with Gasteiger partial charge in [0.2, 0.25) is 0 Å². The van der Waals surface area contributed by atoms with Crippen molar-refractivity contribution >= 4 is 0 Å². The number of hydrogen-bond acceptors (Lipinski definition) is 0. The molecule has 0 aromatic heterocycles. The lowest BCUT2D eigenvalue weighted by Crippen LogP contribution is -1.73. The molecule has 0 spiro atoms. The second kappa shape index (κ2) is 1.69. The van der Waals surface area contributed by atoms with Crippen LogP contribution in [0, 0.1) is 5.92 Å². The third-order valence-corrected chi connectivity index (χ3v) is 1.41. The first-order valence-corrected chi connectivity index (χ1v) is 2.78. The first-order valence-electron chi connectivity index (χ1n) is 2.78. The van der Waals surface area contributed by atoms with E-state index in [4.69, 9.17) is 0 Å². The van der Waals surface area contributed by atoms with Crippen LogP contribution in [-0.4, -0.2) is 0 Å². The van der Waals surface area contributed by atoms with E-state index in [2.05, 4.69) is 19.9 Å². The van der Waals surface area contributed by atoms with E-state index in [1.165, 1.54) is 24.3 Å². The van der Waals surface area contributed by atoms with Crippen molar-refractivity contribution in [1.29, 1.82) is 0 Å². The minimum absolute atomic E-state index is 1.30. The second-order valence-electron chi connectivity index (χ2n) is 2.34. The summed E-state index contributed by atoms with van der Waals surface area (Å²) in [7, 11) is 0. The molecule has 0 heteroatoms. The van der Waals surface area contributed by atoms with Gasteiger partial charge < -0.3 is 0 Å². The van der Waals surface area contributed by atoms with Crippen molar-refractivity contribution in [2.45, 2.75) is 26.7 Å². The molecule has 0 fully saturated rings. The zero-order valence-electron chi connectivity index (χ0n) is 4.99. The van der Waals surface area contributed by atoms with E-state index in [0.717, 1.165) is 0 Å². The summed E-state index contributed by atoms with van der Waals surface area (Å²) in [5, 5.41) is 0. The van der Waals surface area contributed by atoms with E-state index >= 15 is 0 Å². The quantitative estimate of drug-likeness (QED) is 0.433. The maximum atomic E-state index is 2.28. The lowest BCUT2D eigenvalue weighted by molar-refractivity contribution is 0.928. The molecule has 1 aliphatic rings. The van der Waals surface area contributed by atoms with Crippen LogP contribution in [-0.2, 0) is 0 Å². The predicted octanol–water partition coefficient (Wildman–Crippen LogP) is 2.32. The Kier molecular flexibility index (Phi) is 1.18. The highest BCUT2D eigenvalue weighted by molar-refractivity contribution is 5.20. The van der Waals surface area contributed by atoms with E-state index < -0.39 is 0 Å². The van der Waals surface area contributed by atoms with Gasteiger partial charge in [0.05, 0.1) is 0 Å². The molecule has 0 N–H and O–H groups in total. The zero-order valence-corrected chi connectivity index (χ0v) is 4.99. The normalized spacial score (nSPS) is 22.9. The summed E-state index contributed by atoms with van der Waals surface area (Å²) in [5.74, 6) is 1.54. The standard InChI is InChI=1S/C7H11/c1-6-3-4-7(2)5-6/h5H,3-4H2,1-2H3. The summed E-state index contributed by atoms with van der Waals surface area (Å²) in [6, 6.07) is 0. The smallest absolute Gasteiger partial charge is 0.00524 e. The minimum Gasteiger partial charge on any atom is -0.0788 e. The van der Waals surface area contributed by atoms with Crippen molar-refractivity contribution in [3.63, 3.8) is 0 Å². The van der Waals surface area contributed by atoms with Gasteiger partial charge in [-0.15, -0.1) is 0 Å². The average molecular weight is 95.2 g/mol. The van der Waals surface area contributed by atoms with Crippen LogP contribution in [0.5, 0.6) is 0 Å². The first-order chi connectivity index (χ1) is 3.29. The van der Waals surface area contributed by atoms with Crippen molar-refractivity contribution in [3.8, 4) is 0 Å². The number of allylic oxidation sites excluding steroid dienone is 2.